The number of nitrogens with one attached hydrogen (secondary N) is 2. The molecule has 1 aliphatic carbocycles. The molecule has 1 aromatic heterocycles. The Morgan fingerprint density at radius 3 is 2.87 bits per heavy atom. The number of ether oxygens (including phenoxy) is 1. The zero-order valence-corrected chi connectivity index (χ0v) is 17.2. The second-order valence-electron chi connectivity index (χ2n) is 8.89. The second kappa shape index (κ2) is 8.36. The van der Waals surface area contributed by atoms with Crippen LogP contribution in [0.25, 0.3) is 0 Å². The minimum Gasteiger partial charge on any atom is -0.371 e. The third kappa shape index (κ3) is 3.82. The zero-order valence-electron chi connectivity index (χ0n) is 17.2. The lowest BCUT2D eigenvalue weighted by molar-refractivity contribution is 0.0271. The Bertz CT molecular complexity index is 971. The highest BCUT2D eigenvalue weighted by atomic mass is 16.5. The summed E-state index contributed by atoms with van der Waals surface area (Å²) in [6.45, 7) is 3.09. The predicted octanol–water partition coefficient (Wildman–Crippen LogP) is 2.42. The quantitative estimate of drug-likeness (QED) is 0.799. The summed E-state index contributed by atoms with van der Waals surface area (Å²) in [6.07, 6.45) is 3.94. The first kappa shape index (κ1) is 19.5. The molecule has 0 spiro atoms. The van der Waals surface area contributed by atoms with E-state index in [9.17, 15) is 9.59 Å². The lowest BCUT2D eigenvalue weighted by Crippen LogP contribution is -2.47. The van der Waals surface area contributed by atoms with Crippen LogP contribution in [-0.4, -0.2) is 35.7 Å². The van der Waals surface area contributed by atoms with Crippen molar-refractivity contribution in [3.05, 3.63) is 69.6 Å². The van der Waals surface area contributed by atoms with Gasteiger partial charge in [-0.2, -0.15) is 0 Å². The molecule has 6 nitrogen and oxygen atoms in total. The topological polar surface area (TPSA) is 72.4 Å². The van der Waals surface area contributed by atoms with Crippen LogP contribution in [-0.2, 0) is 17.9 Å². The Morgan fingerprint density at radius 2 is 2.00 bits per heavy atom. The summed E-state index contributed by atoms with van der Waals surface area (Å²) in [6, 6.07) is 13.7. The fraction of sp³-hybridized carbons (Fsp3) is 0.500. The first-order valence-electron chi connectivity index (χ1n) is 11.1. The molecule has 1 amide bonds. The normalized spacial score (nSPS) is 27.5. The number of piperidine rings is 1. The van der Waals surface area contributed by atoms with Gasteiger partial charge in [0.15, 0.2) is 0 Å². The van der Waals surface area contributed by atoms with Crippen LogP contribution in [0.4, 0.5) is 0 Å². The second-order valence-corrected chi connectivity index (χ2v) is 8.89. The Kier molecular flexibility index (Phi) is 5.44. The zero-order chi connectivity index (χ0) is 20.5. The van der Waals surface area contributed by atoms with Gasteiger partial charge >= 0.3 is 0 Å². The van der Waals surface area contributed by atoms with E-state index in [1.807, 2.05) is 41.0 Å². The molecule has 6 heteroatoms. The van der Waals surface area contributed by atoms with Crippen LogP contribution in [0.15, 0.2) is 47.3 Å². The predicted molar refractivity (Wildman–Crippen MR) is 115 cm³/mol. The molecule has 2 aliphatic heterocycles. The number of aromatic nitrogens is 1. The molecule has 30 heavy (non-hydrogen) atoms. The monoisotopic (exact) mass is 407 g/mol. The summed E-state index contributed by atoms with van der Waals surface area (Å²) in [7, 11) is 0. The number of nitrogens with zero attached hydrogens (tertiary/aromatic N) is 1. The van der Waals surface area contributed by atoms with E-state index < -0.39 is 0 Å². The SMILES string of the molecule is O=C(N[C@@H]1CCC[C@H]1OCc1ccccc1)c1ccc2n(c1=O)C[C@@H]1CNC[C@H]2C1. The molecule has 4 atom stereocenters. The molecule has 1 saturated heterocycles. The van der Waals surface area contributed by atoms with Gasteiger partial charge in [-0.15, -0.1) is 0 Å². The molecule has 1 saturated carbocycles. The number of pyridine rings is 1. The van der Waals surface area contributed by atoms with Crippen molar-refractivity contribution in [2.75, 3.05) is 13.1 Å². The van der Waals surface area contributed by atoms with Gasteiger partial charge < -0.3 is 19.9 Å². The van der Waals surface area contributed by atoms with Gasteiger partial charge in [0.05, 0.1) is 18.8 Å². The van der Waals surface area contributed by atoms with E-state index in [1.54, 1.807) is 6.07 Å². The third-order valence-corrected chi connectivity index (χ3v) is 6.83. The van der Waals surface area contributed by atoms with Gasteiger partial charge in [0, 0.05) is 24.7 Å². The molecular formula is C24H29N3O3. The van der Waals surface area contributed by atoms with Crippen LogP contribution < -0.4 is 16.2 Å². The van der Waals surface area contributed by atoms with Crippen LogP contribution >= 0.6 is 0 Å². The number of hydrogen-bond donors (Lipinski definition) is 2. The molecular weight excluding hydrogens is 378 g/mol. The van der Waals surface area contributed by atoms with Gasteiger partial charge in [0.2, 0.25) is 0 Å². The number of rotatable bonds is 5. The number of benzene rings is 1. The fourth-order valence-electron chi connectivity index (χ4n) is 5.28. The first-order valence-corrected chi connectivity index (χ1v) is 11.1. The smallest absolute Gasteiger partial charge is 0.263 e. The van der Waals surface area contributed by atoms with E-state index in [1.165, 1.54) is 0 Å². The van der Waals surface area contributed by atoms with E-state index in [-0.39, 0.29) is 29.2 Å². The summed E-state index contributed by atoms with van der Waals surface area (Å²) in [4.78, 5) is 26.1. The molecule has 158 valence electrons. The maximum absolute atomic E-state index is 13.1. The number of amides is 1. The third-order valence-electron chi connectivity index (χ3n) is 6.83. The molecule has 2 aromatic rings. The lowest BCUT2D eigenvalue weighted by Gasteiger charge is -2.37. The molecule has 2 N–H and O–H groups in total. The van der Waals surface area contributed by atoms with Gasteiger partial charge in [-0.1, -0.05) is 30.3 Å². The Morgan fingerprint density at radius 1 is 1.13 bits per heavy atom. The van der Waals surface area contributed by atoms with Crippen LogP contribution in [0.1, 0.15) is 53.2 Å². The van der Waals surface area contributed by atoms with Gasteiger partial charge in [-0.25, -0.2) is 0 Å². The van der Waals surface area contributed by atoms with Gasteiger partial charge in [0.25, 0.3) is 11.5 Å². The molecule has 1 aromatic carbocycles. The molecule has 2 fully saturated rings. The van der Waals surface area contributed by atoms with Crippen LogP contribution in [0.2, 0.25) is 0 Å². The Labute approximate surface area is 176 Å². The van der Waals surface area contributed by atoms with Crippen molar-refractivity contribution in [3.8, 4) is 0 Å². The highest BCUT2D eigenvalue weighted by Gasteiger charge is 2.33. The van der Waals surface area contributed by atoms with Crippen molar-refractivity contribution in [3.63, 3.8) is 0 Å². The van der Waals surface area contributed by atoms with Crippen molar-refractivity contribution in [2.45, 2.75) is 56.9 Å². The largest absolute Gasteiger partial charge is 0.371 e. The Hall–Kier alpha value is -2.44. The average Bonchev–Trinajstić information content (AvgIpc) is 3.21. The van der Waals surface area contributed by atoms with Crippen LogP contribution in [0, 0.1) is 5.92 Å². The van der Waals surface area contributed by atoms with Gasteiger partial charge in [0.1, 0.15) is 5.56 Å². The van der Waals surface area contributed by atoms with Crippen molar-refractivity contribution in [1.82, 2.24) is 15.2 Å². The number of hydrogen-bond acceptors (Lipinski definition) is 4. The standard InChI is InChI=1S/C24H29N3O3/c28-23(26-20-7-4-8-22(20)30-15-16-5-2-1-3-6-16)19-9-10-21-18-11-17(12-25-13-18)14-27(21)24(19)29/h1-3,5-6,9-10,17-18,20,22,25H,4,7-8,11-15H2,(H,26,28)/t17-,18+,20+,22+/m0/s1. The summed E-state index contributed by atoms with van der Waals surface area (Å²) >= 11 is 0. The fourth-order valence-corrected chi connectivity index (χ4v) is 5.28. The lowest BCUT2D eigenvalue weighted by atomic mass is 9.84. The molecule has 2 bridgehead atoms. The maximum atomic E-state index is 13.1. The highest BCUT2D eigenvalue weighted by Crippen LogP contribution is 2.31. The Balaban J connectivity index is 1.28. The summed E-state index contributed by atoms with van der Waals surface area (Å²) < 4.78 is 7.94. The number of fused-ring (bicyclic) bond motifs is 4. The van der Waals surface area contributed by atoms with Crippen LogP contribution in [0.3, 0.4) is 0 Å². The highest BCUT2D eigenvalue weighted by molar-refractivity contribution is 5.94. The van der Waals surface area contributed by atoms with E-state index in [4.69, 9.17) is 4.74 Å². The van der Waals surface area contributed by atoms with Crippen molar-refractivity contribution in [1.29, 1.82) is 0 Å². The molecule has 3 aliphatic rings. The first-order chi connectivity index (χ1) is 14.7. The molecule has 0 unspecified atom stereocenters. The van der Waals surface area contributed by atoms with Gasteiger partial charge in [-0.3, -0.25) is 9.59 Å². The van der Waals surface area contributed by atoms with Crippen molar-refractivity contribution in [2.24, 2.45) is 5.92 Å². The minimum absolute atomic E-state index is 0.0139. The summed E-state index contributed by atoms with van der Waals surface area (Å²) in [5.74, 6) is 0.565. The average molecular weight is 408 g/mol. The van der Waals surface area contributed by atoms with E-state index >= 15 is 0 Å². The van der Waals surface area contributed by atoms with E-state index in [0.29, 0.717) is 25.0 Å². The van der Waals surface area contributed by atoms with Crippen molar-refractivity contribution < 1.29 is 9.53 Å². The minimum atomic E-state index is -0.274. The van der Waals surface area contributed by atoms with Gasteiger partial charge in [-0.05, 0) is 55.8 Å². The molecule has 0 radical (unpaired) electrons. The molecule has 5 rings (SSSR count). The molecule has 3 heterocycles. The maximum Gasteiger partial charge on any atom is 0.263 e. The van der Waals surface area contributed by atoms with E-state index in [2.05, 4.69) is 10.6 Å². The van der Waals surface area contributed by atoms with Crippen molar-refractivity contribution >= 4 is 5.91 Å². The summed E-state index contributed by atoms with van der Waals surface area (Å²) in [5, 5.41) is 6.54. The van der Waals surface area contributed by atoms with Crippen LogP contribution in [0.5, 0.6) is 0 Å². The van der Waals surface area contributed by atoms with E-state index in [0.717, 1.165) is 50.0 Å². The number of carbonyl (C=O) groups is 1. The number of carbonyl (C=O) groups excluding carboxylic acids is 1. The summed E-state index contributed by atoms with van der Waals surface area (Å²) in [5.41, 5.74) is 2.29.